The van der Waals surface area contributed by atoms with Gasteiger partial charge in [-0.05, 0) is 72.3 Å². The summed E-state index contributed by atoms with van der Waals surface area (Å²) in [6.45, 7) is 0. The lowest BCUT2D eigenvalue weighted by atomic mass is 10.1. The lowest BCUT2D eigenvalue weighted by molar-refractivity contribution is -0.116. The molecule has 7 aromatic rings. The molecule has 5 aromatic carbocycles. The molecule has 0 radical (unpaired) electrons. The van der Waals surface area contributed by atoms with Crippen molar-refractivity contribution in [1.82, 2.24) is 15.3 Å². The molecule has 0 saturated carbocycles. The second kappa shape index (κ2) is 15.7. The number of para-hydroxylation sites is 1. The summed E-state index contributed by atoms with van der Waals surface area (Å²) in [6.07, 6.45) is 3.43. The van der Waals surface area contributed by atoms with Gasteiger partial charge in [-0.3, -0.25) is 14.4 Å². The van der Waals surface area contributed by atoms with Crippen LogP contribution in [0.3, 0.4) is 0 Å². The van der Waals surface area contributed by atoms with E-state index in [0.29, 0.717) is 22.1 Å². The number of nitrogens with one attached hydrogen (secondary N) is 4. The Morgan fingerprint density at radius 1 is 0.808 bits per heavy atom. The van der Waals surface area contributed by atoms with Crippen molar-refractivity contribution in [3.05, 3.63) is 173 Å². The van der Waals surface area contributed by atoms with E-state index in [-0.39, 0.29) is 17.4 Å². The Hall–Kier alpha value is -6.30. The number of amides is 3. The highest BCUT2D eigenvalue weighted by Gasteiger charge is 2.24. The number of anilines is 2. The minimum Gasteiger partial charge on any atom is -0.361 e. The van der Waals surface area contributed by atoms with Gasteiger partial charge in [-0.2, -0.15) is 0 Å². The highest BCUT2D eigenvalue weighted by Crippen LogP contribution is 2.38. The van der Waals surface area contributed by atoms with Gasteiger partial charge < -0.3 is 20.9 Å². The van der Waals surface area contributed by atoms with E-state index in [1.807, 2.05) is 72.1 Å². The van der Waals surface area contributed by atoms with Crippen molar-refractivity contribution in [1.29, 1.82) is 0 Å². The van der Waals surface area contributed by atoms with Crippen molar-refractivity contribution in [2.75, 3.05) is 10.6 Å². The van der Waals surface area contributed by atoms with E-state index in [2.05, 4.69) is 25.9 Å². The number of benzene rings is 5. The van der Waals surface area contributed by atoms with E-state index in [9.17, 15) is 18.8 Å². The lowest BCUT2D eigenvalue weighted by Crippen LogP contribution is -2.30. The van der Waals surface area contributed by atoms with Gasteiger partial charge in [-0.15, -0.1) is 23.1 Å². The van der Waals surface area contributed by atoms with Gasteiger partial charge in [-0.1, -0.05) is 72.8 Å². The smallest absolute Gasteiger partial charge is 0.272 e. The molecule has 0 aliphatic rings. The van der Waals surface area contributed by atoms with Crippen LogP contribution in [0.25, 0.3) is 28.2 Å². The number of halogens is 1. The molecule has 3 amide bonds. The number of aromatic nitrogens is 2. The summed E-state index contributed by atoms with van der Waals surface area (Å²) in [6, 6.07) is 38.9. The molecule has 11 heteroatoms. The van der Waals surface area contributed by atoms with Crippen LogP contribution in [0.5, 0.6) is 0 Å². The van der Waals surface area contributed by atoms with Crippen LogP contribution < -0.4 is 16.0 Å². The SMILES string of the molecule is O=C(Nc1cccc(SC(C(=O)Nc2nc(-c3ccc(F)cc3)cs2)c2ccccc2)c1)/C(=C/c1c[nH]c2ccccc12)NC(=O)c1ccccc1. The maximum Gasteiger partial charge on any atom is 0.272 e. The Morgan fingerprint density at radius 3 is 2.33 bits per heavy atom. The van der Waals surface area contributed by atoms with Crippen LogP contribution in [0.4, 0.5) is 15.2 Å². The van der Waals surface area contributed by atoms with E-state index in [0.717, 1.165) is 32.5 Å². The average Bonchev–Trinajstić information content (AvgIpc) is 3.82. The average molecular weight is 724 g/mol. The van der Waals surface area contributed by atoms with Crippen LogP contribution in [-0.4, -0.2) is 27.7 Å². The summed E-state index contributed by atoms with van der Waals surface area (Å²) >= 11 is 2.60. The molecule has 2 heterocycles. The summed E-state index contributed by atoms with van der Waals surface area (Å²) in [5.74, 6) is -1.56. The van der Waals surface area contributed by atoms with E-state index in [1.54, 1.807) is 66.9 Å². The first-order valence-electron chi connectivity index (χ1n) is 16.2. The van der Waals surface area contributed by atoms with Crippen LogP contribution in [0, 0.1) is 5.82 Å². The summed E-state index contributed by atoms with van der Waals surface area (Å²) in [7, 11) is 0. The molecule has 4 N–H and O–H groups in total. The zero-order valence-corrected chi connectivity index (χ0v) is 29.0. The Bertz CT molecular complexity index is 2390. The van der Waals surface area contributed by atoms with E-state index >= 15 is 0 Å². The lowest BCUT2D eigenvalue weighted by Gasteiger charge is -2.17. The summed E-state index contributed by atoms with van der Waals surface area (Å²) in [5.41, 5.74) is 4.73. The number of hydrogen-bond acceptors (Lipinski definition) is 6. The Balaban J connectivity index is 1.11. The van der Waals surface area contributed by atoms with Crippen LogP contribution in [0.1, 0.15) is 26.7 Å². The van der Waals surface area contributed by atoms with Gasteiger partial charge in [-0.25, -0.2) is 9.37 Å². The van der Waals surface area contributed by atoms with Crippen LogP contribution in [0.2, 0.25) is 0 Å². The fourth-order valence-corrected chi connectivity index (χ4v) is 7.26. The van der Waals surface area contributed by atoms with Crippen LogP contribution >= 0.6 is 23.1 Å². The van der Waals surface area contributed by atoms with E-state index in [1.165, 1.54) is 35.2 Å². The highest BCUT2D eigenvalue weighted by atomic mass is 32.2. The number of thioether (sulfide) groups is 1. The molecule has 0 fully saturated rings. The number of carbonyl (C=O) groups excluding carboxylic acids is 3. The molecular formula is C41H30FN5O3S2. The quantitative estimate of drug-likeness (QED) is 0.0785. The number of fused-ring (bicyclic) bond motifs is 1. The molecule has 1 atom stereocenters. The van der Waals surface area contributed by atoms with Crippen molar-refractivity contribution in [3.63, 3.8) is 0 Å². The fourth-order valence-electron chi connectivity index (χ4n) is 5.45. The number of rotatable bonds is 11. The van der Waals surface area contributed by atoms with Crippen molar-refractivity contribution < 1.29 is 18.8 Å². The number of H-pyrrole nitrogens is 1. The van der Waals surface area contributed by atoms with Gasteiger partial charge in [0.2, 0.25) is 5.91 Å². The molecule has 256 valence electrons. The predicted molar refractivity (Wildman–Crippen MR) is 206 cm³/mol. The Morgan fingerprint density at radius 2 is 1.54 bits per heavy atom. The first kappa shape index (κ1) is 34.2. The van der Waals surface area contributed by atoms with Crippen molar-refractivity contribution >= 4 is 68.6 Å². The van der Waals surface area contributed by atoms with E-state index < -0.39 is 17.1 Å². The third kappa shape index (κ3) is 8.18. The Labute approximate surface area is 306 Å². The second-order valence-electron chi connectivity index (χ2n) is 11.6. The van der Waals surface area contributed by atoms with Crippen molar-refractivity contribution in [2.45, 2.75) is 10.1 Å². The molecule has 0 aliphatic carbocycles. The molecule has 0 bridgehead atoms. The number of hydrogen-bond donors (Lipinski definition) is 4. The van der Waals surface area contributed by atoms with Gasteiger partial charge >= 0.3 is 0 Å². The molecule has 8 nitrogen and oxygen atoms in total. The molecule has 0 aliphatic heterocycles. The molecule has 7 rings (SSSR count). The maximum atomic E-state index is 13.8. The van der Waals surface area contributed by atoms with Crippen LogP contribution in [0.15, 0.2) is 156 Å². The van der Waals surface area contributed by atoms with E-state index in [4.69, 9.17) is 0 Å². The first-order chi connectivity index (χ1) is 25.4. The fraction of sp³-hybridized carbons (Fsp3) is 0.0244. The number of thiazole rings is 1. The number of aromatic amines is 1. The molecular weight excluding hydrogens is 694 g/mol. The maximum absolute atomic E-state index is 13.8. The largest absolute Gasteiger partial charge is 0.361 e. The van der Waals surface area contributed by atoms with Gasteiger partial charge in [0.1, 0.15) is 16.8 Å². The van der Waals surface area contributed by atoms with Crippen LogP contribution in [-0.2, 0) is 9.59 Å². The zero-order valence-electron chi connectivity index (χ0n) is 27.4. The van der Waals surface area contributed by atoms with Gasteiger partial charge in [0.05, 0.1) is 5.69 Å². The number of nitrogens with zero attached hydrogens (tertiary/aromatic N) is 1. The predicted octanol–water partition coefficient (Wildman–Crippen LogP) is 9.31. The number of carbonyl (C=O) groups is 3. The normalized spacial score (nSPS) is 11.9. The van der Waals surface area contributed by atoms with Gasteiger partial charge in [0.15, 0.2) is 5.13 Å². The standard InChI is InChI=1S/C41H30FN5O3S2/c42-30-20-18-26(19-21-30)36-25-51-41(46-36)47-40(50)37(27-10-3-1-4-11-27)52-32-15-9-14-31(23-32)44-39(49)35(45-38(48)28-12-5-2-6-13-28)22-29-24-43-34-17-8-7-16-33(29)34/h1-25,37,43H,(H,44,49)(H,45,48)(H,46,47,50)/b35-22-. The summed E-state index contributed by atoms with van der Waals surface area (Å²) in [5, 5.41) is 11.1. The van der Waals surface area contributed by atoms with Crippen molar-refractivity contribution in [2.24, 2.45) is 0 Å². The third-order valence-corrected chi connectivity index (χ3v) is 10.0. The van der Waals surface area contributed by atoms with Gasteiger partial charge in [0, 0.05) is 49.8 Å². The molecule has 1 unspecified atom stereocenters. The first-order valence-corrected chi connectivity index (χ1v) is 17.9. The zero-order chi connectivity index (χ0) is 35.9. The third-order valence-electron chi connectivity index (χ3n) is 8.01. The summed E-state index contributed by atoms with van der Waals surface area (Å²) < 4.78 is 13.4. The molecule has 0 spiro atoms. The molecule has 52 heavy (non-hydrogen) atoms. The monoisotopic (exact) mass is 723 g/mol. The topological polar surface area (TPSA) is 116 Å². The minimum absolute atomic E-state index is 0.0571. The Kier molecular flexibility index (Phi) is 10.3. The van der Waals surface area contributed by atoms with Gasteiger partial charge in [0.25, 0.3) is 11.8 Å². The highest BCUT2D eigenvalue weighted by molar-refractivity contribution is 8.00. The van der Waals surface area contributed by atoms with Crippen molar-refractivity contribution in [3.8, 4) is 11.3 Å². The molecule has 2 aromatic heterocycles. The second-order valence-corrected chi connectivity index (χ2v) is 13.6. The summed E-state index contributed by atoms with van der Waals surface area (Å²) in [4.78, 5) is 49.3. The molecule has 0 saturated heterocycles. The minimum atomic E-state index is -0.659.